The van der Waals surface area contributed by atoms with Crippen molar-refractivity contribution in [3.8, 4) is 11.5 Å². The molecule has 2 aromatic carbocycles. The van der Waals surface area contributed by atoms with Gasteiger partial charge in [-0.2, -0.15) is 0 Å². The number of carbonyl (C=O) groups excluding carboxylic acids is 1. The first-order valence-corrected chi connectivity index (χ1v) is 10.5. The van der Waals surface area contributed by atoms with Gasteiger partial charge in [-0.25, -0.2) is 0 Å². The second kappa shape index (κ2) is 10.3. The van der Waals surface area contributed by atoms with E-state index in [1.54, 1.807) is 7.11 Å². The first kappa shape index (κ1) is 21.2. The van der Waals surface area contributed by atoms with Crippen molar-refractivity contribution in [3.05, 3.63) is 54.1 Å². The highest BCUT2D eigenvalue weighted by Crippen LogP contribution is 2.31. The molecule has 5 heteroatoms. The number of ether oxygens (including phenoxy) is 2. The first-order chi connectivity index (χ1) is 14.0. The van der Waals surface area contributed by atoms with Gasteiger partial charge in [-0.05, 0) is 30.9 Å². The minimum absolute atomic E-state index is 0.0320. The summed E-state index contributed by atoms with van der Waals surface area (Å²) in [6.07, 6.45) is 2.02. The number of hydrogen-bond acceptors (Lipinski definition) is 3. The number of carbonyl (C=O) groups is 1. The van der Waals surface area contributed by atoms with Crippen molar-refractivity contribution in [2.75, 3.05) is 32.1 Å². The van der Waals surface area contributed by atoms with Crippen molar-refractivity contribution in [2.24, 2.45) is 11.8 Å². The lowest BCUT2D eigenvalue weighted by Crippen LogP contribution is -3.12. The second-order valence-electron chi connectivity index (χ2n) is 8.27. The smallest absolute Gasteiger partial charge is 0.233 e. The van der Waals surface area contributed by atoms with Crippen molar-refractivity contribution in [1.82, 2.24) is 0 Å². The molecule has 1 saturated heterocycles. The van der Waals surface area contributed by atoms with Gasteiger partial charge in [-0.15, -0.1) is 0 Å². The predicted molar refractivity (Wildman–Crippen MR) is 116 cm³/mol. The molecular formula is C24H33N2O3+. The van der Waals surface area contributed by atoms with Gasteiger partial charge in [-0.1, -0.05) is 44.2 Å². The Labute approximate surface area is 174 Å². The van der Waals surface area contributed by atoms with Crippen LogP contribution in [-0.2, 0) is 11.3 Å². The van der Waals surface area contributed by atoms with E-state index in [-0.39, 0.29) is 11.8 Å². The molecule has 1 unspecified atom stereocenters. The molecule has 2 atom stereocenters. The van der Waals surface area contributed by atoms with Gasteiger partial charge in [0.15, 0.2) is 11.5 Å². The van der Waals surface area contributed by atoms with Crippen molar-refractivity contribution >= 4 is 11.6 Å². The summed E-state index contributed by atoms with van der Waals surface area (Å²) in [5.74, 6) is 1.89. The Bertz CT molecular complexity index is 792. The fourth-order valence-corrected chi connectivity index (χ4v) is 3.79. The van der Waals surface area contributed by atoms with Gasteiger partial charge in [-0.3, -0.25) is 4.79 Å². The number of hydrogen-bond donors (Lipinski definition) is 2. The highest BCUT2D eigenvalue weighted by atomic mass is 16.5. The third-order valence-corrected chi connectivity index (χ3v) is 5.29. The van der Waals surface area contributed by atoms with E-state index in [9.17, 15) is 4.79 Å². The van der Waals surface area contributed by atoms with Crippen LogP contribution < -0.4 is 19.7 Å². The van der Waals surface area contributed by atoms with E-state index >= 15 is 0 Å². The molecule has 0 aromatic heterocycles. The van der Waals surface area contributed by atoms with Crippen molar-refractivity contribution in [3.63, 3.8) is 0 Å². The van der Waals surface area contributed by atoms with Crippen LogP contribution >= 0.6 is 0 Å². The van der Waals surface area contributed by atoms with Crippen LogP contribution in [0.3, 0.4) is 0 Å². The molecule has 1 heterocycles. The van der Waals surface area contributed by atoms with Gasteiger partial charge in [0.05, 0.1) is 32.7 Å². The molecule has 5 nitrogen and oxygen atoms in total. The van der Waals surface area contributed by atoms with Gasteiger partial charge in [0.2, 0.25) is 5.91 Å². The average Bonchev–Trinajstić information content (AvgIpc) is 2.73. The summed E-state index contributed by atoms with van der Waals surface area (Å²) in [6.45, 7) is 7.77. The molecule has 1 fully saturated rings. The summed E-state index contributed by atoms with van der Waals surface area (Å²) in [4.78, 5) is 14.4. The molecule has 0 bridgehead atoms. The standard InChI is InChI=1S/C24H32N2O3/c1-18(2)17-29-23-14-21(11-12-22(23)28-3)25-24(27)20-10-7-13-26(16-20)15-19-8-5-4-6-9-19/h4-6,8-9,11-12,14,18,20H,7,10,13,15-17H2,1-3H3,(H,25,27)/p+1/t20-/m1/s1. The highest BCUT2D eigenvalue weighted by Gasteiger charge is 2.29. The number of rotatable bonds is 8. The van der Waals surface area contributed by atoms with E-state index in [0.717, 1.165) is 38.2 Å². The van der Waals surface area contributed by atoms with Crippen molar-refractivity contribution in [2.45, 2.75) is 33.2 Å². The summed E-state index contributed by atoms with van der Waals surface area (Å²) >= 11 is 0. The molecule has 3 rings (SSSR count). The first-order valence-electron chi connectivity index (χ1n) is 10.5. The molecule has 156 valence electrons. The maximum atomic E-state index is 12.9. The van der Waals surface area contributed by atoms with Crippen molar-refractivity contribution < 1.29 is 19.2 Å². The van der Waals surface area contributed by atoms with E-state index in [1.807, 2.05) is 24.3 Å². The number of nitrogens with one attached hydrogen (secondary N) is 2. The molecule has 2 aromatic rings. The summed E-state index contributed by atoms with van der Waals surface area (Å²) in [6, 6.07) is 16.1. The number of quaternary nitrogens is 1. The van der Waals surface area contributed by atoms with Gasteiger partial charge >= 0.3 is 0 Å². The van der Waals surface area contributed by atoms with E-state index in [0.29, 0.717) is 24.0 Å². The maximum Gasteiger partial charge on any atom is 0.233 e. The molecule has 2 N–H and O–H groups in total. The Kier molecular flexibility index (Phi) is 7.53. The lowest BCUT2D eigenvalue weighted by Gasteiger charge is -2.29. The van der Waals surface area contributed by atoms with E-state index in [4.69, 9.17) is 9.47 Å². The van der Waals surface area contributed by atoms with Crippen LogP contribution in [0.2, 0.25) is 0 Å². The second-order valence-corrected chi connectivity index (χ2v) is 8.27. The molecule has 0 saturated carbocycles. The largest absolute Gasteiger partial charge is 0.493 e. The van der Waals surface area contributed by atoms with Gasteiger partial charge in [0.1, 0.15) is 6.54 Å². The number of methoxy groups -OCH3 is 1. The van der Waals surface area contributed by atoms with E-state index in [2.05, 4.69) is 43.4 Å². The number of anilines is 1. The summed E-state index contributed by atoms with van der Waals surface area (Å²) in [7, 11) is 1.63. The molecule has 29 heavy (non-hydrogen) atoms. The maximum absolute atomic E-state index is 12.9. The summed E-state index contributed by atoms with van der Waals surface area (Å²) in [5, 5.41) is 3.09. The minimum Gasteiger partial charge on any atom is -0.493 e. The highest BCUT2D eigenvalue weighted by molar-refractivity contribution is 5.93. The Morgan fingerprint density at radius 2 is 1.97 bits per heavy atom. The molecule has 0 radical (unpaired) electrons. The minimum atomic E-state index is 0.0320. The fourth-order valence-electron chi connectivity index (χ4n) is 3.79. The predicted octanol–water partition coefficient (Wildman–Crippen LogP) is 3.16. The summed E-state index contributed by atoms with van der Waals surface area (Å²) < 4.78 is 11.2. The monoisotopic (exact) mass is 397 g/mol. The van der Waals surface area contributed by atoms with Crippen LogP contribution in [0.4, 0.5) is 5.69 Å². The number of amides is 1. The van der Waals surface area contributed by atoms with E-state index in [1.165, 1.54) is 10.5 Å². The Balaban J connectivity index is 1.61. The Morgan fingerprint density at radius 3 is 2.69 bits per heavy atom. The molecule has 1 aliphatic rings. The third-order valence-electron chi connectivity index (χ3n) is 5.29. The van der Waals surface area contributed by atoms with E-state index < -0.39 is 0 Å². The molecular weight excluding hydrogens is 364 g/mol. The Morgan fingerprint density at radius 1 is 1.17 bits per heavy atom. The zero-order valence-corrected chi connectivity index (χ0v) is 17.7. The molecule has 0 aliphatic carbocycles. The zero-order chi connectivity index (χ0) is 20.6. The van der Waals surface area contributed by atoms with Crippen LogP contribution in [0.5, 0.6) is 11.5 Å². The van der Waals surface area contributed by atoms with Crippen LogP contribution in [-0.4, -0.2) is 32.7 Å². The van der Waals surface area contributed by atoms with Crippen LogP contribution in [0.1, 0.15) is 32.3 Å². The quantitative estimate of drug-likeness (QED) is 0.719. The third kappa shape index (κ3) is 6.23. The Hall–Kier alpha value is -2.53. The molecule has 1 amide bonds. The molecule has 1 aliphatic heterocycles. The number of likely N-dealkylation sites (tertiary alicyclic amines) is 1. The lowest BCUT2D eigenvalue weighted by atomic mass is 9.96. The topological polar surface area (TPSA) is 52.0 Å². The fraction of sp³-hybridized carbons (Fsp3) is 0.458. The summed E-state index contributed by atoms with van der Waals surface area (Å²) in [5.41, 5.74) is 2.08. The van der Waals surface area contributed by atoms with Crippen LogP contribution in [0, 0.1) is 11.8 Å². The van der Waals surface area contributed by atoms with Crippen molar-refractivity contribution in [1.29, 1.82) is 0 Å². The molecule has 0 spiro atoms. The lowest BCUT2D eigenvalue weighted by molar-refractivity contribution is -0.921. The van der Waals surface area contributed by atoms with Gasteiger partial charge in [0.25, 0.3) is 0 Å². The normalized spacial score (nSPS) is 19.0. The number of benzene rings is 2. The average molecular weight is 398 g/mol. The number of piperidine rings is 1. The van der Waals surface area contributed by atoms with Gasteiger partial charge in [0, 0.05) is 17.3 Å². The zero-order valence-electron chi connectivity index (χ0n) is 17.7. The van der Waals surface area contributed by atoms with Crippen LogP contribution in [0.25, 0.3) is 0 Å². The van der Waals surface area contributed by atoms with Gasteiger partial charge < -0.3 is 19.7 Å². The SMILES string of the molecule is COc1ccc(NC(=O)[C@@H]2CCC[NH+](Cc3ccccc3)C2)cc1OCC(C)C. The van der Waals surface area contributed by atoms with Crippen LogP contribution in [0.15, 0.2) is 48.5 Å².